The van der Waals surface area contributed by atoms with Gasteiger partial charge < -0.3 is 0 Å². The van der Waals surface area contributed by atoms with Gasteiger partial charge in [-0.15, -0.1) is 0 Å². The van der Waals surface area contributed by atoms with Crippen molar-refractivity contribution < 1.29 is 10.0 Å². The summed E-state index contributed by atoms with van der Waals surface area (Å²) in [5.41, 5.74) is 0.784. The van der Waals surface area contributed by atoms with Crippen LogP contribution < -0.4 is 0 Å². The van der Waals surface area contributed by atoms with Gasteiger partial charge in [-0.25, -0.2) is 4.99 Å². The molecule has 0 aromatic carbocycles. The van der Waals surface area contributed by atoms with Crippen LogP contribution >= 0.6 is 0 Å². The first kappa shape index (κ1) is 6.51. The van der Waals surface area contributed by atoms with E-state index in [0.29, 0.717) is 6.54 Å². The van der Waals surface area contributed by atoms with Crippen molar-refractivity contribution in [3.05, 3.63) is 11.8 Å². The minimum atomic E-state index is -0.233. The third kappa shape index (κ3) is 0.941. The molecule has 0 atom stereocenters. The van der Waals surface area contributed by atoms with Crippen LogP contribution in [-0.4, -0.2) is 40.6 Å². The predicted octanol–water partition coefficient (Wildman–Crippen LogP) is -0.597. The zero-order chi connectivity index (χ0) is 7.84. The van der Waals surface area contributed by atoms with Crippen LogP contribution in [0.5, 0.6) is 0 Å². The number of hydrazine groups is 1. The maximum atomic E-state index is 10.7. The van der Waals surface area contributed by atoms with E-state index in [-0.39, 0.29) is 12.5 Å². The minimum Gasteiger partial charge on any atom is -0.294 e. The third-order valence-electron chi connectivity index (χ3n) is 1.67. The number of amides is 1. The highest BCUT2D eigenvalue weighted by molar-refractivity contribution is 5.95. The highest BCUT2D eigenvalue weighted by atomic mass is 16.6. The zero-order valence-corrected chi connectivity index (χ0v) is 5.77. The number of carbonyl (C=O) groups is 1. The predicted molar refractivity (Wildman–Crippen MR) is 36.8 cm³/mol. The standard InChI is InChI=1S/C6H7N3O2/c10-6-4-8-5(3-7-6)1-2-9(8)11/h1,3,11H,2,4H2. The zero-order valence-electron chi connectivity index (χ0n) is 5.77. The molecule has 0 saturated carbocycles. The van der Waals surface area contributed by atoms with E-state index in [1.54, 1.807) is 6.08 Å². The van der Waals surface area contributed by atoms with Gasteiger partial charge in [-0.2, -0.15) is 0 Å². The lowest BCUT2D eigenvalue weighted by Crippen LogP contribution is -2.40. The van der Waals surface area contributed by atoms with Crippen molar-refractivity contribution in [3.63, 3.8) is 0 Å². The van der Waals surface area contributed by atoms with E-state index in [1.165, 1.54) is 11.2 Å². The van der Waals surface area contributed by atoms with E-state index in [2.05, 4.69) is 4.99 Å². The molecule has 0 aromatic heterocycles. The Balaban J connectivity index is 2.28. The molecule has 0 bridgehead atoms. The van der Waals surface area contributed by atoms with Crippen LogP contribution in [0.15, 0.2) is 16.8 Å². The summed E-state index contributed by atoms with van der Waals surface area (Å²) < 4.78 is 0. The molecule has 0 unspecified atom stereocenters. The summed E-state index contributed by atoms with van der Waals surface area (Å²) >= 11 is 0. The van der Waals surface area contributed by atoms with E-state index < -0.39 is 0 Å². The number of carbonyl (C=O) groups excluding carboxylic acids is 1. The summed E-state index contributed by atoms with van der Waals surface area (Å²) in [7, 11) is 0. The van der Waals surface area contributed by atoms with E-state index in [9.17, 15) is 4.79 Å². The Kier molecular flexibility index (Phi) is 1.27. The van der Waals surface area contributed by atoms with Crippen LogP contribution in [0.4, 0.5) is 0 Å². The second-order valence-electron chi connectivity index (χ2n) is 2.39. The van der Waals surface area contributed by atoms with Crippen LogP contribution in [-0.2, 0) is 4.79 Å². The topological polar surface area (TPSA) is 56.1 Å². The number of allylic oxidation sites excluding steroid dienone is 1. The monoisotopic (exact) mass is 153 g/mol. The maximum Gasteiger partial charge on any atom is 0.266 e. The normalized spacial score (nSPS) is 23.9. The first-order valence-corrected chi connectivity index (χ1v) is 3.28. The van der Waals surface area contributed by atoms with Crippen molar-refractivity contribution in [2.24, 2.45) is 4.99 Å². The molecule has 0 fully saturated rings. The molecule has 2 aliphatic heterocycles. The molecule has 0 radical (unpaired) electrons. The molecule has 0 saturated heterocycles. The summed E-state index contributed by atoms with van der Waals surface area (Å²) in [6, 6.07) is 0. The first-order chi connectivity index (χ1) is 5.27. The molecule has 58 valence electrons. The van der Waals surface area contributed by atoms with E-state index in [0.717, 1.165) is 10.9 Å². The summed E-state index contributed by atoms with van der Waals surface area (Å²) in [5.74, 6) is -0.233. The highest BCUT2D eigenvalue weighted by Gasteiger charge is 2.25. The maximum absolute atomic E-state index is 10.7. The number of hydrogen-bond donors (Lipinski definition) is 1. The van der Waals surface area contributed by atoms with Gasteiger partial charge in [0, 0.05) is 0 Å². The smallest absolute Gasteiger partial charge is 0.266 e. The molecule has 0 aromatic rings. The van der Waals surface area contributed by atoms with Crippen LogP contribution in [0.1, 0.15) is 0 Å². The van der Waals surface area contributed by atoms with Gasteiger partial charge in [0.05, 0.1) is 18.5 Å². The average molecular weight is 153 g/mol. The molecular weight excluding hydrogens is 146 g/mol. The van der Waals surface area contributed by atoms with Crippen LogP contribution in [0.25, 0.3) is 0 Å². The summed E-state index contributed by atoms with van der Waals surface area (Å²) in [5, 5.41) is 11.6. The number of aliphatic imine (C=N–C) groups is 1. The Labute approximate surface area is 63.2 Å². The van der Waals surface area contributed by atoms with Crippen molar-refractivity contribution in [1.82, 2.24) is 10.2 Å². The van der Waals surface area contributed by atoms with Gasteiger partial charge in [0.25, 0.3) is 5.91 Å². The molecule has 2 rings (SSSR count). The van der Waals surface area contributed by atoms with Gasteiger partial charge in [-0.3, -0.25) is 15.0 Å². The number of nitrogens with zero attached hydrogens (tertiary/aromatic N) is 3. The number of hydrogen-bond acceptors (Lipinski definition) is 4. The minimum absolute atomic E-state index is 0.138. The fraction of sp³-hybridized carbons (Fsp3) is 0.333. The Morgan fingerprint density at radius 3 is 3.27 bits per heavy atom. The molecule has 5 heteroatoms. The van der Waals surface area contributed by atoms with Crippen LogP contribution in [0, 0.1) is 0 Å². The van der Waals surface area contributed by atoms with Gasteiger partial charge >= 0.3 is 0 Å². The molecule has 5 nitrogen and oxygen atoms in total. The molecule has 1 amide bonds. The molecule has 11 heavy (non-hydrogen) atoms. The fourth-order valence-corrected chi connectivity index (χ4v) is 1.11. The Hall–Kier alpha value is -1.20. The molecule has 2 aliphatic rings. The number of fused-ring (bicyclic) bond motifs is 1. The van der Waals surface area contributed by atoms with Crippen LogP contribution in [0.3, 0.4) is 0 Å². The van der Waals surface area contributed by atoms with Crippen molar-refractivity contribution in [1.29, 1.82) is 0 Å². The number of rotatable bonds is 0. The summed E-state index contributed by atoms with van der Waals surface area (Å²) in [4.78, 5) is 14.3. The van der Waals surface area contributed by atoms with Crippen molar-refractivity contribution in [2.75, 3.05) is 13.1 Å². The van der Waals surface area contributed by atoms with Gasteiger partial charge in [0.15, 0.2) is 0 Å². The molecule has 0 aliphatic carbocycles. The van der Waals surface area contributed by atoms with Crippen molar-refractivity contribution >= 4 is 12.1 Å². The molecular formula is C6H7N3O2. The fourth-order valence-electron chi connectivity index (χ4n) is 1.11. The van der Waals surface area contributed by atoms with E-state index >= 15 is 0 Å². The quantitative estimate of drug-likeness (QED) is 0.505. The van der Waals surface area contributed by atoms with Gasteiger partial charge in [0.2, 0.25) is 0 Å². The van der Waals surface area contributed by atoms with E-state index in [4.69, 9.17) is 5.21 Å². The Morgan fingerprint density at radius 2 is 2.45 bits per heavy atom. The highest BCUT2D eigenvalue weighted by Crippen LogP contribution is 2.15. The van der Waals surface area contributed by atoms with Crippen LogP contribution in [0.2, 0.25) is 0 Å². The van der Waals surface area contributed by atoms with Gasteiger partial charge in [0.1, 0.15) is 6.54 Å². The Morgan fingerprint density at radius 1 is 1.64 bits per heavy atom. The average Bonchev–Trinajstić information content (AvgIpc) is 2.33. The molecule has 0 spiro atoms. The Bertz CT molecular complexity index is 259. The molecule has 1 N–H and O–H groups in total. The lowest BCUT2D eigenvalue weighted by Gasteiger charge is -2.26. The lowest BCUT2D eigenvalue weighted by molar-refractivity contribution is -0.208. The summed E-state index contributed by atoms with van der Waals surface area (Å²) in [6.45, 7) is 0.563. The second-order valence-corrected chi connectivity index (χ2v) is 2.39. The van der Waals surface area contributed by atoms with E-state index in [1.807, 2.05) is 0 Å². The number of hydroxylamine groups is 1. The lowest BCUT2D eigenvalue weighted by atomic mass is 10.4. The van der Waals surface area contributed by atoms with Gasteiger partial charge in [-0.05, 0) is 6.08 Å². The van der Waals surface area contributed by atoms with Crippen molar-refractivity contribution in [2.45, 2.75) is 0 Å². The molecule has 2 heterocycles. The second kappa shape index (κ2) is 2.14. The SMILES string of the molecule is O=C1CN2C(=CCN2O)C=N1. The largest absolute Gasteiger partial charge is 0.294 e. The first-order valence-electron chi connectivity index (χ1n) is 3.28. The third-order valence-corrected chi connectivity index (χ3v) is 1.67. The summed E-state index contributed by atoms with van der Waals surface area (Å²) in [6.07, 6.45) is 3.26. The van der Waals surface area contributed by atoms with Gasteiger partial charge in [-0.1, -0.05) is 5.17 Å². The van der Waals surface area contributed by atoms with Crippen molar-refractivity contribution in [3.8, 4) is 0 Å².